The summed E-state index contributed by atoms with van der Waals surface area (Å²) in [4.78, 5) is 35.1. The van der Waals surface area contributed by atoms with E-state index in [1.807, 2.05) is 6.92 Å². The maximum atomic E-state index is 12.8. The van der Waals surface area contributed by atoms with Gasteiger partial charge in [0.2, 0.25) is 0 Å². The lowest BCUT2D eigenvalue weighted by molar-refractivity contribution is -0.361. The SMILES string of the molecule is CCCCC[C@H](O)CC(=O)O[C@H]1[C@H](O[C@H]2[C@H](O)[C@@H](O)[C@H](OC[C@H](O)CCCCCCCCCCC[C@H](O)CC(=O)O)O[C@@H]2COC(C)=O)O[C@H](CO)[C@@H](O)[C@@H]1O. The van der Waals surface area contributed by atoms with Gasteiger partial charge in [0.25, 0.3) is 0 Å². The van der Waals surface area contributed by atoms with E-state index in [0.29, 0.717) is 32.1 Å². The minimum absolute atomic E-state index is 0.227. The van der Waals surface area contributed by atoms with Gasteiger partial charge in [0.05, 0.1) is 44.4 Å². The molecule has 2 rings (SSSR count). The van der Waals surface area contributed by atoms with Crippen molar-refractivity contribution in [3.8, 4) is 0 Å². The minimum Gasteiger partial charge on any atom is -0.481 e. The molecule has 56 heavy (non-hydrogen) atoms. The van der Waals surface area contributed by atoms with Crippen molar-refractivity contribution in [2.45, 2.75) is 203 Å². The predicted molar refractivity (Wildman–Crippen MR) is 196 cm³/mol. The number of carbonyl (C=O) groups excluding carboxylic acids is 2. The summed E-state index contributed by atoms with van der Waals surface area (Å²) in [5.41, 5.74) is 0. The molecule has 9 N–H and O–H groups in total. The molecule has 18 heteroatoms. The van der Waals surface area contributed by atoms with E-state index in [1.54, 1.807) is 0 Å². The van der Waals surface area contributed by atoms with Crippen molar-refractivity contribution in [2.75, 3.05) is 19.8 Å². The van der Waals surface area contributed by atoms with Gasteiger partial charge in [-0.25, -0.2) is 0 Å². The molecule has 328 valence electrons. The first-order valence-corrected chi connectivity index (χ1v) is 20.2. The zero-order valence-corrected chi connectivity index (χ0v) is 32.8. The molecule has 0 aromatic carbocycles. The number of aliphatic hydroxyl groups excluding tert-OH is 8. The zero-order valence-electron chi connectivity index (χ0n) is 32.8. The number of carboxylic acids is 1. The molecule has 2 aliphatic heterocycles. The van der Waals surface area contributed by atoms with Crippen LogP contribution in [0.3, 0.4) is 0 Å². The van der Waals surface area contributed by atoms with E-state index >= 15 is 0 Å². The normalized spacial score (nSPS) is 29.7. The fraction of sp³-hybridized carbons (Fsp3) is 0.921. The van der Waals surface area contributed by atoms with Gasteiger partial charge in [-0.1, -0.05) is 84.0 Å². The number of unbranched alkanes of at least 4 members (excludes halogenated alkanes) is 10. The van der Waals surface area contributed by atoms with E-state index < -0.39 is 117 Å². The summed E-state index contributed by atoms with van der Waals surface area (Å²) in [6.45, 7) is 1.59. The predicted octanol–water partition coefficient (Wildman–Crippen LogP) is 0.568. The molecular formula is C38H68O18. The molecule has 0 spiro atoms. The fourth-order valence-electron chi connectivity index (χ4n) is 6.71. The Morgan fingerprint density at radius 1 is 0.643 bits per heavy atom. The second-order valence-corrected chi connectivity index (χ2v) is 14.9. The lowest BCUT2D eigenvalue weighted by Crippen LogP contribution is -2.65. The summed E-state index contributed by atoms with van der Waals surface area (Å²) < 4.78 is 33.5. The first-order valence-electron chi connectivity index (χ1n) is 20.2. The number of aliphatic carboxylic acids is 1. The molecule has 0 aromatic rings. The molecule has 2 heterocycles. The number of hydrogen-bond acceptors (Lipinski definition) is 17. The number of rotatable bonds is 29. The van der Waals surface area contributed by atoms with Gasteiger partial charge >= 0.3 is 17.9 Å². The zero-order chi connectivity index (χ0) is 41.6. The third-order valence-electron chi connectivity index (χ3n) is 9.96. The number of esters is 2. The minimum atomic E-state index is -1.83. The van der Waals surface area contributed by atoms with Gasteiger partial charge in [-0.15, -0.1) is 0 Å². The number of hydrogen-bond donors (Lipinski definition) is 9. The second kappa shape index (κ2) is 27.6. The number of aliphatic hydroxyl groups is 8. The number of carbonyl (C=O) groups is 3. The van der Waals surface area contributed by atoms with Gasteiger partial charge in [0, 0.05) is 6.92 Å². The Kier molecular flexibility index (Phi) is 24.7. The molecular weight excluding hydrogens is 744 g/mol. The van der Waals surface area contributed by atoms with Crippen LogP contribution in [0.15, 0.2) is 0 Å². The number of ether oxygens (including phenoxy) is 6. The molecule has 2 fully saturated rings. The van der Waals surface area contributed by atoms with Crippen LogP contribution in [0.1, 0.15) is 123 Å². The van der Waals surface area contributed by atoms with Crippen LogP contribution in [0.5, 0.6) is 0 Å². The average Bonchev–Trinajstić information content (AvgIpc) is 3.14. The summed E-state index contributed by atoms with van der Waals surface area (Å²) in [5.74, 6) is -2.64. The highest BCUT2D eigenvalue weighted by Gasteiger charge is 2.52. The molecule has 18 nitrogen and oxygen atoms in total. The van der Waals surface area contributed by atoms with Gasteiger partial charge in [0.15, 0.2) is 18.7 Å². The van der Waals surface area contributed by atoms with Gasteiger partial charge in [-0.3, -0.25) is 14.4 Å². The van der Waals surface area contributed by atoms with E-state index in [-0.39, 0.29) is 13.0 Å². The smallest absolute Gasteiger partial charge is 0.308 e. The van der Waals surface area contributed by atoms with E-state index in [2.05, 4.69) is 0 Å². The first kappa shape index (κ1) is 50.1. The summed E-state index contributed by atoms with van der Waals surface area (Å²) in [5, 5.41) is 92.4. The standard InChI is InChI=1S/C38H68O18/c1-3-4-12-15-25(42)19-30(46)55-36-32(48)31(47)27(20-39)53-38(36)56-35-28(22-51-23(2)40)54-37(34(50)33(35)49)52-21-26(43)17-14-11-9-7-5-6-8-10-13-16-24(41)18-29(44)45/h24-28,31-39,41-43,47-50H,3-22H2,1-2H3,(H,44,45)/t24-,25-,26+,27+,28+,31+,32-,33+,34+,35+,36+,37+,38-/m0/s1. The van der Waals surface area contributed by atoms with Crippen LogP contribution < -0.4 is 0 Å². The first-order chi connectivity index (χ1) is 26.7. The summed E-state index contributed by atoms with van der Waals surface area (Å²) in [6.07, 6.45) is -7.63. The summed E-state index contributed by atoms with van der Waals surface area (Å²) >= 11 is 0. The van der Waals surface area contributed by atoms with Gasteiger partial charge < -0.3 is 74.4 Å². The molecule has 2 aliphatic rings. The van der Waals surface area contributed by atoms with Crippen LogP contribution in [-0.4, -0.2) is 163 Å². The molecule has 0 aromatic heterocycles. The van der Waals surface area contributed by atoms with Crippen molar-refractivity contribution in [1.82, 2.24) is 0 Å². The third kappa shape index (κ3) is 18.7. The number of carboxylic acid groups (broad SMARTS) is 1. The molecule has 0 bridgehead atoms. The third-order valence-corrected chi connectivity index (χ3v) is 9.96. The monoisotopic (exact) mass is 812 g/mol. The Balaban J connectivity index is 1.90. The Bertz CT molecular complexity index is 1100. The van der Waals surface area contributed by atoms with Crippen LogP contribution in [-0.2, 0) is 42.8 Å². The molecule has 0 unspecified atom stereocenters. The fourth-order valence-corrected chi connectivity index (χ4v) is 6.71. The highest BCUT2D eigenvalue weighted by Crippen LogP contribution is 2.31. The molecule has 13 atom stereocenters. The van der Waals surface area contributed by atoms with Crippen LogP contribution in [0.2, 0.25) is 0 Å². The van der Waals surface area contributed by atoms with Gasteiger partial charge in [-0.2, -0.15) is 0 Å². The molecule has 2 saturated heterocycles. The maximum absolute atomic E-state index is 12.8. The van der Waals surface area contributed by atoms with E-state index in [1.165, 1.54) is 0 Å². The maximum Gasteiger partial charge on any atom is 0.308 e. The second-order valence-electron chi connectivity index (χ2n) is 14.9. The van der Waals surface area contributed by atoms with Crippen LogP contribution in [0.25, 0.3) is 0 Å². The van der Waals surface area contributed by atoms with Crippen molar-refractivity contribution < 1.29 is 88.8 Å². The quantitative estimate of drug-likeness (QED) is 0.0369. The van der Waals surface area contributed by atoms with E-state index in [0.717, 1.165) is 71.1 Å². The molecule has 0 amide bonds. The highest BCUT2D eigenvalue weighted by molar-refractivity contribution is 5.70. The highest BCUT2D eigenvalue weighted by atomic mass is 16.8. The Labute approximate surface area is 329 Å². The van der Waals surface area contributed by atoms with Crippen molar-refractivity contribution in [1.29, 1.82) is 0 Å². The Morgan fingerprint density at radius 2 is 1.16 bits per heavy atom. The van der Waals surface area contributed by atoms with Crippen LogP contribution >= 0.6 is 0 Å². The van der Waals surface area contributed by atoms with Crippen LogP contribution in [0, 0.1) is 0 Å². The molecule has 0 saturated carbocycles. The van der Waals surface area contributed by atoms with Crippen molar-refractivity contribution >= 4 is 17.9 Å². The largest absolute Gasteiger partial charge is 0.481 e. The van der Waals surface area contributed by atoms with E-state index in [9.17, 15) is 55.2 Å². The Hall–Kier alpha value is -2.07. The van der Waals surface area contributed by atoms with Crippen molar-refractivity contribution in [2.24, 2.45) is 0 Å². The molecule has 0 radical (unpaired) electrons. The van der Waals surface area contributed by atoms with E-state index in [4.69, 9.17) is 33.5 Å². The van der Waals surface area contributed by atoms with Gasteiger partial charge in [-0.05, 0) is 19.3 Å². The average molecular weight is 813 g/mol. The Morgan fingerprint density at radius 3 is 1.71 bits per heavy atom. The van der Waals surface area contributed by atoms with Crippen LogP contribution in [0.4, 0.5) is 0 Å². The summed E-state index contributed by atoms with van der Waals surface area (Å²) in [6, 6.07) is 0. The lowest BCUT2D eigenvalue weighted by atomic mass is 9.96. The lowest BCUT2D eigenvalue weighted by Gasteiger charge is -2.46. The molecule has 0 aliphatic carbocycles. The topological polar surface area (TPSA) is 289 Å². The summed E-state index contributed by atoms with van der Waals surface area (Å²) in [7, 11) is 0. The van der Waals surface area contributed by atoms with Crippen molar-refractivity contribution in [3.05, 3.63) is 0 Å². The van der Waals surface area contributed by atoms with Crippen molar-refractivity contribution in [3.63, 3.8) is 0 Å². The van der Waals surface area contributed by atoms with Gasteiger partial charge in [0.1, 0.15) is 49.3 Å².